The van der Waals surface area contributed by atoms with E-state index in [0.29, 0.717) is 28.8 Å². The van der Waals surface area contributed by atoms with Crippen LogP contribution < -0.4 is 9.47 Å². The molecule has 0 saturated heterocycles. The maximum absolute atomic E-state index is 5.47. The van der Waals surface area contributed by atoms with E-state index in [1.54, 1.807) is 20.3 Å². The first kappa shape index (κ1) is 16.1. The van der Waals surface area contributed by atoms with Crippen LogP contribution in [-0.2, 0) is 6.54 Å². The van der Waals surface area contributed by atoms with Crippen LogP contribution in [0.4, 0.5) is 0 Å². The predicted molar refractivity (Wildman–Crippen MR) is 97.2 cm³/mol. The van der Waals surface area contributed by atoms with E-state index in [0.717, 1.165) is 23.1 Å². The molecule has 0 aliphatic rings. The lowest BCUT2D eigenvalue weighted by molar-refractivity contribution is 0.391. The van der Waals surface area contributed by atoms with Crippen molar-refractivity contribution in [2.24, 2.45) is 0 Å². The Labute approximate surface area is 150 Å². The smallest absolute Gasteiger partial charge is 0.262 e. The summed E-state index contributed by atoms with van der Waals surface area (Å²) in [7, 11) is 3.20. The summed E-state index contributed by atoms with van der Waals surface area (Å²) in [6, 6.07) is 11.4. The highest BCUT2D eigenvalue weighted by Gasteiger charge is 2.16. The van der Waals surface area contributed by atoms with E-state index in [2.05, 4.69) is 26.6 Å². The van der Waals surface area contributed by atoms with Gasteiger partial charge in [-0.25, -0.2) is 4.98 Å². The van der Waals surface area contributed by atoms with Crippen LogP contribution in [0.15, 0.2) is 47.2 Å². The molecule has 7 heteroatoms. The molecule has 0 fully saturated rings. The average molecular weight is 350 g/mol. The summed E-state index contributed by atoms with van der Waals surface area (Å²) in [6.07, 6.45) is 1.83. The first-order valence-corrected chi connectivity index (χ1v) is 8.25. The van der Waals surface area contributed by atoms with E-state index in [1.807, 2.05) is 36.7 Å². The highest BCUT2D eigenvalue weighted by Crippen LogP contribution is 2.33. The van der Waals surface area contributed by atoms with E-state index in [9.17, 15) is 0 Å². The summed E-state index contributed by atoms with van der Waals surface area (Å²) in [5.41, 5.74) is 3.57. The number of benzene rings is 2. The normalized spacial score (nSPS) is 11.0. The van der Waals surface area contributed by atoms with Gasteiger partial charge in [0.2, 0.25) is 5.82 Å². The molecule has 0 radical (unpaired) electrons. The Morgan fingerprint density at radius 2 is 1.96 bits per heavy atom. The largest absolute Gasteiger partial charge is 0.497 e. The summed E-state index contributed by atoms with van der Waals surface area (Å²) in [5.74, 6) is 2.22. The number of imidazole rings is 1. The van der Waals surface area contributed by atoms with Crippen LogP contribution in [-0.4, -0.2) is 33.9 Å². The number of aryl methyl sites for hydroxylation is 1. The van der Waals surface area contributed by atoms with Gasteiger partial charge in [0.05, 0.1) is 37.1 Å². The molecular formula is C19H18N4O3. The van der Waals surface area contributed by atoms with Gasteiger partial charge in [0, 0.05) is 18.2 Å². The monoisotopic (exact) mass is 350 g/mol. The minimum atomic E-state index is 0.392. The molecule has 7 nitrogen and oxygen atoms in total. The minimum absolute atomic E-state index is 0.392. The molecule has 0 spiro atoms. The molecule has 4 aromatic rings. The Bertz CT molecular complexity index is 1070. The Hall–Kier alpha value is -3.35. The lowest BCUT2D eigenvalue weighted by atomic mass is 10.1. The fourth-order valence-corrected chi connectivity index (χ4v) is 2.87. The maximum Gasteiger partial charge on any atom is 0.262 e. The van der Waals surface area contributed by atoms with Crippen LogP contribution in [0.25, 0.3) is 33.9 Å². The fourth-order valence-electron chi connectivity index (χ4n) is 2.87. The van der Waals surface area contributed by atoms with Gasteiger partial charge in [-0.15, -0.1) is 0 Å². The average Bonchev–Trinajstić information content (AvgIpc) is 3.33. The van der Waals surface area contributed by atoms with Crippen molar-refractivity contribution < 1.29 is 14.0 Å². The lowest BCUT2D eigenvalue weighted by Gasteiger charge is -2.06. The van der Waals surface area contributed by atoms with Crippen LogP contribution in [0.1, 0.15) is 6.92 Å². The van der Waals surface area contributed by atoms with Crippen molar-refractivity contribution in [3.8, 4) is 34.3 Å². The van der Waals surface area contributed by atoms with Crippen molar-refractivity contribution in [1.82, 2.24) is 19.7 Å². The van der Waals surface area contributed by atoms with Crippen molar-refractivity contribution in [2.45, 2.75) is 13.5 Å². The third-order valence-corrected chi connectivity index (χ3v) is 4.29. The number of hydrogen-bond acceptors (Lipinski definition) is 6. The molecule has 132 valence electrons. The number of fused-ring (bicyclic) bond motifs is 1. The quantitative estimate of drug-likeness (QED) is 0.545. The molecule has 0 unspecified atom stereocenters. The Morgan fingerprint density at radius 1 is 1.08 bits per heavy atom. The molecule has 0 atom stereocenters. The van der Waals surface area contributed by atoms with Gasteiger partial charge in [0.1, 0.15) is 11.5 Å². The van der Waals surface area contributed by atoms with Crippen LogP contribution in [0.5, 0.6) is 11.5 Å². The molecule has 4 rings (SSSR count). The highest BCUT2D eigenvalue weighted by atomic mass is 16.5. The number of aromatic nitrogens is 4. The summed E-state index contributed by atoms with van der Waals surface area (Å²) in [5, 5.41) is 4.12. The summed E-state index contributed by atoms with van der Waals surface area (Å²) < 4.78 is 18.2. The molecule has 0 amide bonds. The minimum Gasteiger partial charge on any atom is -0.497 e. The van der Waals surface area contributed by atoms with Crippen LogP contribution in [0.2, 0.25) is 0 Å². The summed E-state index contributed by atoms with van der Waals surface area (Å²) in [6.45, 7) is 2.93. The number of rotatable bonds is 5. The van der Waals surface area contributed by atoms with Gasteiger partial charge < -0.3 is 18.6 Å². The van der Waals surface area contributed by atoms with Crippen LogP contribution >= 0.6 is 0 Å². The van der Waals surface area contributed by atoms with Crippen molar-refractivity contribution >= 4 is 11.0 Å². The lowest BCUT2D eigenvalue weighted by Crippen LogP contribution is -1.91. The van der Waals surface area contributed by atoms with Gasteiger partial charge in [-0.3, -0.25) is 0 Å². The van der Waals surface area contributed by atoms with Crippen molar-refractivity contribution in [3.05, 3.63) is 42.7 Å². The molecule has 2 aromatic carbocycles. The zero-order valence-corrected chi connectivity index (χ0v) is 14.8. The van der Waals surface area contributed by atoms with Crippen molar-refractivity contribution in [1.29, 1.82) is 0 Å². The molecule has 2 heterocycles. The number of nitrogens with zero attached hydrogens (tertiary/aromatic N) is 4. The molecule has 0 saturated carbocycles. The maximum atomic E-state index is 5.47. The summed E-state index contributed by atoms with van der Waals surface area (Å²) in [4.78, 5) is 8.92. The molecule has 0 aliphatic heterocycles. The zero-order chi connectivity index (χ0) is 18.1. The molecule has 2 aromatic heterocycles. The Balaban J connectivity index is 1.74. The molecule has 0 aliphatic carbocycles. The van der Waals surface area contributed by atoms with E-state index >= 15 is 0 Å². The summed E-state index contributed by atoms with van der Waals surface area (Å²) >= 11 is 0. The molecule has 0 N–H and O–H groups in total. The van der Waals surface area contributed by atoms with Crippen LogP contribution in [0.3, 0.4) is 0 Å². The SMILES string of the molecule is CCn1cnc2ccc(-c3noc(-c4ccc(OC)cc4OC)n3)cc21. The number of ether oxygens (including phenoxy) is 2. The van der Waals surface area contributed by atoms with Crippen LogP contribution in [0, 0.1) is 0 Å². The van der Waals surface area contributed by atoms with E-state index < -0.39 is 0 Å². The molecule has 26 heavy (non-hydrogen) atoms. The van der Waals surface area contributed by atoms with Gasteiger partial charge in [-0.05, 0) is 37.3 Å². The first-order valence-electron chi connectivity index (χ1n) is 8.25. The van der Waals surface area contributed by atoms with Gasteiger partial charge >= 0.3 is 0 Å². The topological polar surface area (TPSA) is 75.2 Å². The second-order valence-corrected chi connectivity index (χ2v) is 5.72. The van der Waals surface area contributed by atoms with Crippen molar-refractivity contribution in [2.75, 3.05) is 14.2 Å². The second kappa shape index (κ2) is 6.51. The van der Waals surface area contributed by atoms with Gasteiger partial charge in [0.25, 0.3) is 5.89 Å². The van der Waals surface area contributed by atoms with E-state index in [-0.39, 0.29) is 0 Å². The number of hydrogen-bond donors (Lipinski definition) is 0. The predicted octanol–water partition coefficient (Wildman–Crippen LogP) is 3.79. The Kier molecular flexibility index (Phi) is 4.04. The number of methoxy groups -OCH3 is 2. The van der Waals surface area contributed by atoms with Gasteiger partial charge in [0.15, 0.2) is 0 Å². The molecule has 0 bridgehead atoms. The fraction of sp³-hybridized carbons (Fsp3) is 0.211. The standard InChI is InChI=1S/C19H18N4O3/c1-4-23-11-20-15-8-5-12(9-16(15)23)18-21-19(26-22-18)14-7-6-13(24-2)10-17(14)25-3/h5-11H,4H2,1-3H3. The Morgan fingerprint density at radius 3 is 2.73 bits per heavy atom. The van der Waals surface area contributed by atoms with Crippen molar-refractivity contribution in [3.63, 3.8) is 0 Å². The van der Waals surface area contributed by atoms with Gasteiger partial charge in [-0.1, -0.05) is 5.16 Å². The third kappa shape index (κ3) is 2.67. The van der Waals surface area contributed by atoms with Gasteiger partial charge in [-0.2, -0.15) is 4.98 Å². The first-order chi connectivity index (χ1) is 12.7. The molecular weight excluding hydrogens is 332 g/mol. The zero-order valence-electron chi connectivity index (χ0n) is 14.8. The highest BCUT2D eigenvalue weighted by molar-refractivity contribution is 5.81. The van der Waals surface area contributed by atoms with E-state index in [4.69, 9.17) is 14.0 Å². The van der Waals surface area contributed by atoms with E-state index in [1.165, 1.54) is 0 Å². The third-order valence-electron chi connectivity index (χ3n) is 4.29. The second-order valence-electron chi connectivity index (χ2n) is 5.72.